The second-order valence-corrected chi connectivity index (χ2v) is 17.0. The summed E-state index contributed by atoms with van der Waals surface area (Å²) in [4.78, 5) is 14.7. The molecule has 1 unspecified atom stereocenters. The highest BCUT2D eigenvalue weighted by Crippen LogP contribution is 2.48. The average Bonchev–Trinajstić information content (AvgIpc) is 3.75. The van der Waals surface area contributed by atoms with Crippen molar-refractivity contribution in [1.29, 1.82) is 5.26 Å². The molecular formula is C42H66N5O10P. The lowest BCUT2D eigenvalue weighted by Gasteiger charge is -2.28. The van der Waals surface area contributed by atoms with Crippen molar-refractivity contribution in [3.05, 3.63) is 41.9 Å². The van der Waals surface area contributed by atoms with E-state index in [1.54, 1.807) is 24.3 Å². The number of aromatic nitrogens is 3. The SMILES string of the molecule is CCCCCCCCCCCCCCCCCCC[C@H](COP(=O)(O)OC[C@@]1(C)O[C@@H](c2ccc3c(N)ncnn23)[C@H](O)[C@@H]1O)Oc1cc(OC)c(C#N)c(OC)c1. The minimum absolute atomic E-state index is 0.214. The third-order valence-electron chi connectivity index (χ3n) is 10.9. The zero-order chi connectivity index (χ0) is 42.0. The maximum Gasteiger partial charge on any atom is 0.472 e. The number of nitrogen functional groups attached to an aromatic ring is 1. The van der Waals surface area contributed by atoms with Crippen LogP contribution in [0, 0.1) is 11.3 Å². The number of rotatable bonds is 29. The van der Waals surface area contributed by atoms with E-state index in [4.69, 9.17) is 33.7 Å². The molecule has 3 heterocycles. The van der Waals surface area contributed by atoms with Crippen molar-refractivity contribution >= 4 is 19.2 Å². The number of fused-ring (bicyclic) bond motifs is 1. The largest absolute Gasteiger partial charge is 0.495 e. The van der Waals surface area contributed by atoms with Crippen LogP contribution in [0.1, 0.15) is 147 Å². The molecule has 0 radical (unpaired) electrons. The van der Waals surface area contributed by atoms with Crippen molar-refractivity contribution in [2.24, 2.45) is 0 Å². The predicted molar refractivity (Wildman–Crippen MR) is 221 cm³/mol. The van der Waals surface area contributed by atoms with Crippen LogP contribution in [-0.2, 0) is 18.3 Å². The molecule has 2 aromatic heterocycles. The Bertz CT molecular complexity index is 1750. The second-order valence-electron chi connectivity index (χ2n) is 15.5. The van der Waals surface area contributed by atoms with Gasteiger partial charge in [-0.25, -0.2) is 14.1 Å². The van der Waals surface area contributed by atoms with Crippen LogP contribution in [-0.4, -0.2) is 81.1 Å². The first-order valence-corrected chi connectivity index (χ1v) is 22.5. The summed E-state index contributed by atoms with van der Waals surface area (Å²) in [5, 5.41) is 35.8. The van der Waals surface area contributed by atoms with Crippen molar-refractivity contribution in [3.63, 3.8) is 0 Å². The summed E-state index contributed by atoms with van der Waals surface area (Å²) in [5.74, 6) is 1.09. The van der Waals surface area contributed by atoms with E-state index < -0.39 is 44.4 Å². The average molecular weight is 832 g/mol. The molecule has 4 rings (SSSR count). The van der Waals surface area contributed by atoms with Crippen LogP contribution in [0.15, 0.2) is 30.6 Å². The van der Waals surface area contributed by atoms with Crippen molar-refractivity contribution < 1.29 is 47.7 Å². The number of unbranched alkanes of at least 4 members (excludes halogenated alkanes) is 16. The summed E-state index contributed by atoms with van der Waals surface area (Å²) in [7, 11) is -1.85. The topological polar surface area (TPSA) is 213 Å². The van der Waals surface area contributed by atoms with Gasteiger partial charge in [-0.15, -0.1) is 0 Å². The fourth-order valence-electron chi connectivity index (χ4n) is 7.46. The number of benzene rings is 1. The molecular weight excluding hydrogens is 765 g/mol. The summed E-state index contributed by atoms with van der Waals surface area (Å²) in [6.45, 7) is 2.84. The maximum atomic E-state index is 13.2. The highest BCUT2D eigenvalue weighted by Gasteiger charge is 2.53. The zero-order valence-electron chi connectivity index (χ0n) is 34.9. The molecule has 1 aromatic carbocycles. The number of nitriles is 1. The molecule has 0 saturated carbocycles. The van der Waals surface area contributed by atoms with E-state index in [-0.39, 0.29) is 29.5 Å². The lowest BCUT2D eigenvalue weighted by molar-refractivity contribution is -0.0999. The van der Waals surface area contributed by atoms with E-state index in [1.165, 1.54) is 115 Å². The molecule has 6 atom stereocenters. The Morgan fingerprint density at radius 1 is 0.914 bits per heavy atom. The van der Waals surface area contributed by atoms with Crippen LogP contribution >= 0.6 is 7.82 Å². The number of nitrogens with two attached hydrogens (primary N) is 1. The summed E-state index contributed by atoms with van der Waals surface area (Å²) in [5.41, 5.74) is 5.47. The molecule has 0 amide bonds. The molecule has 1 aliphatic heterocycles. The summed E-state index contributed by atoms with van der Waals surface area (Å²) in [6.07, 6.45) is 18.4. The van der Waals surface area contributed by atoms with Crippen LogP contribution in [0.3, 0.4) is 0 Å². The van der Waals surface area contributed by atoms with E-state index in [1.807, 2.05) is 0 Å². The second kappa shape index (κ2) is 23.9. The first kappa shape index (κ1) is 47.2. The van der Waals surface area contributed by atoms with Gasteiger partial charge in [0, 0.05) is 12.1 Å². The molecule has 3 aromatic rings. The third-order valence-corrected chi connectivity index (χ3v) is 11.9. The van der Waals surface area contributed by atoms with Gasteiger partial charge in [0.25, 0.3) is 0 Å². The van der Waals surface area contributed by atoms with Crippen LogP contribution < -0.4 is 19.9 Å². The predicted octanol–water partition coefficient (Wildman–Crippen LogP) is 8.38. The Balaban J connectivity index is 1.26. The lowest BCUT2D eigenvalue weighted by Crippen LogP contribution is -2.44. The van der Waals surface area contributed by atoms with Gasteiger partial charge in [-0.05, 0) is 31.9 Å². The first-order chi connectivity index (χ1) is 28.0. The maximum absolute atomic E-state index is 13.2. The fourth-order valence-corrected chi connectivity index (χ4v) is 8.30. The Morgan fingerprint density at radius 2 is 1.47 bits per heavy atom. The van der Waals surface area contributed by atoms with Gasteiger partial charge in [0.2, 0.25) is 0 Å². The van der Waals surface area contributed by atoms with Crippen molar-refractivity contribution in [3.8, 4) is 23.3 Å². The van der Waals surface area contributed by atoms with Gasteiger partial charge in [0.05, 0.1) is 33.1 Å². The van der Waals surface area contributed by atoms with Gasteiger partial charge < -0.3 is 39.8 Å². The number of phosphoric acid groups is 1. The molecule has 0 aliphatic carbocycles. The van der Waals surface area contributed by atoms with Crippen molar-refractivity contribution in [2.45, 2.75) is 159 Å². The summed E-state index contributed by atoms with van der Waals surface area (Å²) >= 11 is 0. The van der Waals surface area contributed by atoms with Crippen LogP contribution in [0.5, 0.6) is 17.2 Å². The molecule has 1 fully saturated rings. The standard InChI is InChI=1S/C42H66N5O10P/c1-5-6-7-8-9-10-11-12-13-14-15-16-17-18-19-20-21-22-31(56-32-25-36(52-3)33(27-43)37(26-32)53-4)28-54-58(50,51)55-29-42(2)40(49)38(48)39(57-42)34-23-24-35-41(44)45-30-46-47(34)35/h23-26,30-31,38-40,48-49H,5-22,28-29H2,1-4H3,(H,50,51)(H2,44,45,46)/t31-,38+,39+,40+,42-/m1/s1. The molecule has 1 saturated heterocycles. The number of aliphatic hydroxyl groups excluding tert-OH is 2. The van der Waals surface area contributed by atoms with Crippen molar-refractivity contribution in [2.75, 3.05) is 33.2 Å². The van der Waals surface area contributed by atoms with Gasteiger partial charge in [-0.2, -0.15) is 10.4 Å². The summed E-state index contributed by atoms with van der Waals surface area (Å²) < 4.78 is 48.6. The number of aliphatic hydroxyl groups is 2. The van der Waals surface area contributed by atoms with E-state index >= 15 is 0 Å². The Kier molecular flexibility index (Phi) is 19.5. The fraction of sp³-hybridized carbons (Fsp3) is 0.690. The Labute approximate surface area is 343 Å². The van der Waals surface area contributed by atoms with E-state index in [9.17, 15) is 24.9 Å². The molecule has 1 aliphatic rings. The smallest absolute Gasteiger partial charge is 0.472 e. The van der Waals surface area contributed by atoms with Gasteiger partial charge in [-0.3, -0.25) is 9.05 Å². The number of anilines is 1. The van der Waals surface area contributed by atoms with Crippen molar-refractivity contribution in [1.82, 2.24) is 14.6 Å². The normalized spacial score (nSPS) is 20.8. The van der Waals surface area contributed by atoms with Crippen LogP contribution in [0.25, 0.3) is 5.52 Å². The molecule has 58 heavy (non-hydrogen) atoms. The van der Waals surface area contributed by atoms with Gasteiger partial charge >= 0.3 is 7.82 Å². The quantitative estimate of drug-likeness (QED) is 0.0382. The van der Waals surface area contributed by atoms with Gasteiger partial charge in [0.1, 0.15) is 70.7 Å². The monoisotopic (exact) mass is 831 g/mol. The Hall–Kier alpha value is -3.48. The molecule has 5 N–H and O–H groups in total. The number of methoxy groups -OCH3 is 2. The summed E-state index contributed by atoms with van der Waals surface area (Å²) in [6, 6.07) is 8.51. The zero-order valence-corrected chi connectivity index (χ0v) is 35.7. The highest BCUT2D eigenvalue weighted by molar-refractivity contribution is 7.47. The van der Waals surface area contributed by atoms with Crippen LogP contribution in [0.2, 0.25) is 0 Å². The highest BCUT2D eigenvalue weighted by atomic mass is 31.2. The van der Waals surface area contributed by atoms with E-state index in [0.29, 0.717) is 23.4 Å². The number of hydrogen-bond donors (Lipinski definition) is 4. The molecule has 0 bridgehead atoms. The minimum Gasteiger partial charge on any atom is -0.495 e. The molecule has 324 valence electrons. The number of hydrogen-bond acceptors (Lipinski definition) is 13. The first-order valence-electron chi connectivity index (χ1n) is 21.0. The number of phosphoric ester groups is 1. The third kappa shape index (κ3) is 13.8. The van der Waals surface area contributed by atoms with E-state index in [0.717, 1.165) is 25.7 Å². The molecule has 16 heteroatoms. The number of nitrogens with zero attached hydrogens (tertiary/aromatic N) is 4. The van der Waals surface area contributed by atoms with Gasteiger partial charge in [0.15, 0.2) is 5.82 Å². The van der Waals surface area contributed by atoms with Gasteiger partial charge in [-0.1, -0.05) is 110 Å². The molecule has 0 spiro atoms. The van der Waals surface area contributed by atoms with Crippen LogP contribution in [0.4, 0.5) is 5.82 Å². The minimum atomic E-state index is -4.73. The lowest BCUT2D eigenvalue weighted by atomic mass is 9.97. The number of ether oxygens (including phenoxy) is 4. The Morgan fingerprint density at radius 3 is 2.00 bits per heavy atom. The molecule has 15 nitrogen and oxygen atoms in total. The van der Waals surface area contributed by atoms with E-state index in [2.05, 4.69) is 23.1 Å².